The van der Waals surface area contributed by atoms with Crippen molar-refractivity contribution in [2.45, 2.75) is 18.2 Å². The third-order valence-corrected chi connectivity index (χ3v) is 6.60. The van der Waals surface area contributed by atoms with Crippen LogP contribution in [0.25, 0.3) is 0 Å². The van der Waals surface area contributed by atoms with E-state index in [1.165, 1.54) is 44.7 Å². The van der Waals surface area contributed by atoms with Crippen LogP contribution < -0.4 is 19.1 Å². The minimum atomic E-state index is -4.05. The van der Waals surface area contributed by atoms with E-state index in [0.29, 0.717) is 24.7 Å². The lowest BCUT2D eigenvalue weighted by molar-refractivity contribution is 0.0696. The van der Waals surface area contributed by atoms with Gasteiger partial charge in [-0.15, -0.1) is 0 Å². The Balaban J connectivity index is 1.93. The molecule has 0 atom stereocenters. The standard InChI is InChI=1S/C21H28N4O6S/c1-4-7-24-8-10-25(11-9-24)20-17(12-15(14-22-20)21(26)27)23-32(28,29)16-5-6-18(30-2)19(13-16)31-3/h5-6,12-14,23H,4,7-11H2,1-3H3,(H,26,27). The van der Waals surface area contributed by atoms with Gasteiger partial charge in [-0.1, -0.05) is 6.92 Å². The molecular weight excluding hydrogens is 436 g/mol. The number of rotatable bonds is 9. The van der Waals surface area contributed by atoms with E-state index in [1.807, 2.05) is 4.90 Å². The van der Waals surface area contributed by atoms with Crippen LogP contribution in [-0.4, -0.2) is 76.3 Å². The Labute approximate surface area is 187 Å². The molecule has 1 aromatic carbocycles. The Kier molecular flexibility index (Phi) is 7.41. The number of nitrogens with zero attached hydrogens (tertiary/aromatic N) is 3. The Hall–Kier alpha value is -3.05. The molecule has 0 saturated carbocycles. The maximum atomic E-state index is 13.1. The summed E-state index contributed by atoms with van der Waals surface area (Å²) in [5.74, 6) is -0.134. The van der Waals surface area contributed by atoms with E-state index < -0.39 is 16.0 Å². The lowest BCUT2D eigenvalue weighted by atomic mass is 10.2. The van der Waals surface area contributed by atoms with Gasteiger partial charge in [0.25, 0.3) is 10.0 Å². The smallest absolute Gasteiger partial charge is 0.337 e. The number of carboxylic acids is 1. The highest BCUT2D eigenvalue weighted by molar-refractivity contribution is 7.92. The quantitative estimate of drug-likeness (QED) is 0.575. The minimum Gasteiger partial charge on any atom is -0.493 e. The molecule has 0 amide bonds. The Morgan fingerprint density at radius 1 is 1.12 bits per heavy atom. The van der Waals surface area contributed by atoms with Gasteiger partial charge in [0, 0.05) is 38.4 Å². The van der Waals surface area contributed by atoms with Crippen LogP contribution in [0.5, 0.6) is 11.5 Å². The van der Waals surface area contributed by atoms with E-state index in [-0.39, 0.29) is 21.9 Å². The molecular formula is C21H28N4O6S. The summed E-state index contributed by atoms with van der Waals surface area (Å²) in [7, 11) is -1.18. The highest BCUT2D eigenvalue weighted by Gasteiger charge is 2.25. The first-order chi connectivity index (χ1) is 15.3. The normalized spacial score (nSPS) is 14.8. The highest BCUT2D eigenvalue weighted by atomic mass is 32.2. The van der Waals surface area contributed by atoms with Crippen LogP contribution in [0.15, 0.2) is 35.4 Å². The summed E-state index contributed by atoms with van der Waals surface area (Å²) in [6.45, 7) is 6.07. The van der Waals surface area contributed by atoms with Crippen LogP contribution in [0, 0.1) is 0 Å². The van der Waals surface area contributed by atoms with E-state index in [4.69, 9.17) is 9.47 Å². The molecule has 0 bridgehead atoms. The van der Waals surface area contributed by atoms with Gasteiger partial charge in [0.1, 0.15) is 0 Å². The summed E-state index contributed by atoms with van der Waals surface area (Å²) in [6, 6.07) is 5.52. The van der Waals surface area contributed by atoms with Crippen molar-refractivity contribution in [2.75, 3.05) is 56.6 Å². The summed E-state index contributed by atoms with van der Waals surface area (Å²) in [4.78, 5) is 20.0. The number of sulfonamides is 1. The van der Waals surface area contributed by atoms with Crippen molar-refractivity contribution in [3.05, 3.63) is 36.0 Å². The molecule has 1 aromatic heterocycles. The van der Waals surface area contributed by atoms with Crippen molar-refractivity contribution in [1.29, 1.82) is 0 Å². The number of ether oxygens (including phenoxy) is 2. The van der Waals surface area contributed by atoms with Crippen LogP contribution in [0.1, 0.15) is 23.7 Å². The predicted octanol–water partition coefficient (Wildman–Crippen LogP) is 2.13. The number of piperazine rings is 1. The molecule has 32 heavy (non-hydrogen) atoms. The first-order valence-electron chi connectivity index (χ1n) is 10.2. The number of methoxy groups -OCH3 is 2. The molecule has 3 rings (SSSR count). The largest absolute Gasteiger partial charge is 0.493 e. The molecule has 10 nitrogen and oxygen atoms in total. The van der Waals surface area contributed by atoms with E-state index in [0.717, 1.165) is 26.1 Å². The van der Waals surface area contributed by atoms with Crippen molar-refractivity contribution in [3.63, 3.8) is 0 Å². The second-order valence-corrected chi connectivity index (χ2v) is 9.03. The molecule has 1 fully saturated rings. The average molecular weight is 465 g/mol. The third-order valence-electron chi connectivity index (χ3n) is 5.23. The molecule has 11 heteroatoms. The van der Waals surface area contributed by atoms with Crippen molar-refractivity contribution in [1.82, 2.24) is 9.88 Å². The highest BCUT2D eigenvalue weighted by Crippen LogP contribution is 2.32. The van der Waals surface area contributed by atoms with E-state index in [9.17, 15) is 18.3 Å². The number of hydrogen-bond donors (Lipinski definition) is 2. The maximum Gasteiger partial charge on any atom is 0.337 e. The minimum absolute atomic E-state index is 0.0467. The first kappa shape index (κ1) is 23.6. The van der Waals surface area contributed by atoms with Gasteiger partial charge in [0.2, 0.25) is 0 Å². The van der Waals surface area contributed by atoms with Crippen LogP contribution in [0.2, 0.25) is 0 Å². The van der Waals surface area contributed by atoms with Crippen LogP contribution in [0.3, 0.4) is 0 Å². The van der Waals surface area contributed by atoms with Gasteiger partial charge in [-0.2, -0.15) is 0 Å². The number of carbonyl (C=O) groups is 1. The number of nitrogens with one attached hydrogen (secondary N) is 1. The molecule has 2 aromatic rings. The van der Waals surface area contributed by atoms with E-state index >= 15 is 0 Å². The number of carboxylic acid groups (broad SMARTS) is 1. The second-order valence-electron chi connectivity index (χ2n) is 7.35. The van der Waals surface area contributed by atoms with Gasteiger partial charge < -0.3 is 19.5 Å². The van der Waals surface area contributed by atoms with Crippen molar-refractivity contribution in [2.24, 2.45) is 0 Å². The topological polar surface area (TPSA) is 121 Å². The van der Waals surface area contributed by atoms with E-state index in [2.05, 4.69) is 21.5 Å². The van der Waals surface area contributed by atoms with Crippen LogP contribution in [-0.2, 0) is 10.0 Å². The molecule has 1 saturated heterocycles. The Morgan fingerprint density at radius 3 is 2.41 bits per heavy atom. The van der Waals surface area contributed by atoms with E-state index in [1.54, 1.807) is 0 Å². The van der Waals surface area contributed by atoms with Gasteiger partial charge >= 0.3 is 5.97 Å². The first-order valence-corrected chi connectivity index (χ1v) is 11.7. The number of aromatic carboxylic acids is 1. The molecule has 2 N–H and O–H groups in total. The number of pyridine rings is 1. The van der Waals surface area contributed by atoms with Crippen molar-refractivity contribution < 1.29 is 27.8 Å². The monoisotopic (exact) mass is 464 g/mol. The third kappa shape index (κ3) is 5.22. The summed E-state index contributed by atoms with van der Waals surface area (Å²) < 4.78 is 39.1. The zero-order valence-electron chi connectivity index (χ0n) is 18.4. The number of anilines is 2. The van der Waals surface area contributed by atoms with Crippen molar-refractivity contribution in [3.8, 4) is 11.5 Å². The molecule has 1 aliphatic rings. The van der Waals surface area contributed by atoms with Gasteiger partial charge in [0.15, 0.2) is 17.3 Å². The van der Waals surface area contributed by atoms with Gasteiger partial charge in [-0.05, 0) is 31.2 Å². The zero-order chi connectivity index (χ0) is 23.3. The molecule has 0 spiro atoms. The molecule has 2 heterocycles. The fraction of sp³-hybridized carbons (Fsp3) is 0.429. The molecule has 0 aliphatic carbocycles. The van der Waals surface area contributed by atoms with Crippen LogP contribution >= 0.6 is 0 Å². The lowest BCUT2D eigenvalue weighted by Gasteiger charge is -2.36. The Morgan fingerprint density at radius 2 is 1.81 bits per heavy atom. The predicted molar refractivity (Wildman–Crippen MR) is 120 cm³/mol. The van der Waals surface area contributed by atoms with Crippen molar-refractivity contribution >= 4 is 27.5 Å². The number of aromatic nitrogens is 1. The molecule has 174 valence electrons. The Bertz CT molecular complexity index is 1070. The summed E-state index contributed by atoms with van der Waals surface area (Å²) in [5.41, 5.74) is 0.00649. The summed E-state index contributed by atoms with van der Waals surface area (Å²) in [5, 5.41) is 9.38. The molecule has 0 radical (unpaired) electrons. The van der Waals surface area contributed by atoms with Crippen LogP contribution in [0.4, 0.5) is 11.5 Å². The summed E-state index contributed by atoms with van der Waals surface area (Å²) in [6.07, 6.45) is 2.30. The maximum absolute atomic E-state index is 13.1. The number of hydrogen-bond acceptors (Lipinski definition) is 8. The number of benzene rings is 1. The molecule has 1 aliphatic heterocycles. The fourth-order valence-electron chi connectivity index (χ4n) is 3.59. The van der Waals surface area contributed by atoms with Gasteiger partial charge in [0.05, 0.1) is 30.4 Å². The lowest BCUT2D eigenvalue weighted by Crippen LogP contribution is -2.47. The fourth-order valence-corrected chi connectivity index (χ4v) is 4.66. The van der Waals surface area contributed by atoms with Gasteiger partial charge in [-0.25, -0.2) is 18.2 Å². The second kappa shape index (κ2) is 10.0. The zero-order valence-corrected chi connectivity index (χ0v) is 19.2. The van der Waals surface area contributed by atoms with Gasteiger partial charge in [-0.3, -0.25) is 9.62 Å². The SMILES string of the molecule is CCCN1CCN(c2ncc(C(=O)O)cc2NS(=O)(=O)c2ccc(OC)c(OC)c2)CC1. The molecule has 0 unspecified atom stereocenters. The average Bonchev–Trinajstić information content (AvgIpc) is 2.79. The summed E-state index contributed by atoms with van der Waals surface area (Å²) >= 11 is 0.